The van der Waals surface area contributed by atoms with E-state index >= 15 is 0 Å². The summed E-state index contributed by atoms with van der Waals surface area (Å²) in [6.07, 6.45) is 1.50. The molecule has 1 heterocycles. The second-order valence-electron chi connectivity index (χ2n) is 5.07. The summed E-state index contributed by atoms with van der Waals surface area (Å²) in [5.74, 6) is -1.06. The van der Waals surface area contributed by atoms with Crippen molar-refractivity contribution in [2.45, 2.75) is 19.8 Å². The number of halogens is 1. The van der Waals surface area contributed by atoms with Crippen LogP contribution in [-0.4, -0.2) is 37.0 Å². The van der Waals surface area contributed by atoms with Gasteiger partial charge in [-0.05, 0) is 43.5 Å². The predicted molar refractivity (Wildman–Crippen MR) is 71.8 cm³/mol. The molecule has 5 heteroatoms. The predicted octanol–water partition coefficient (Wildman–Crippen LogP) is 2.16. The van der Waals surface area contributed by atoms with Crippen LogP contribution in [0.15, 0.2) is 18.2 Å². The van der Waals surface area contributed by atoms with Crippen LogP contribution in [-0.2, 0) is 9.53 Å². The van der Waals surface area contributed by atoms with Crippen LogP contribution in [0, 0.1) is 18.7 Å². The molecule has 1 aromatic rings. The van der Waals surface area contributed by atoms with Crippen LogP contribution >= 0.6 is 0 Å². The largest absolute Gasteiger partial charge is 0.469 e. The van der Waals surface area contributed by atoms with Gasteiger partial charge in [-0.3, -0.25) is 9.59 Å². The number of piperidine rings is 1. The third-order valence-corrected chi connectivity index (χ3v) is 3.66. The van der Waals surface area contributed by atoms with Gasteiger partial charge in [0.1, 0.15) is 5.82 Å². The highest BCUT2D eigenvalue weighted by atomic mass is 19.1. The number of benzene rings is 1. The van der Waals surface area contributed by atoms with Gasteiger partial charge in [-0.1, -0.05) is 0 Å². The maximum absolute atomic E-state index is 13.1. The number of carbonyl (C=O) groups is 2. The van der Waals surface area contributed by atoms with Crippen molar-refractivity contribution in [1.82, 2.24) is 4.90 Å². The zero-order chi connectivity index (χ0) is 14.7. The summed E-state index contributed by atoms with van der Waals surface area (Å²) in [7, 11) is 1.35. The fraction of sp³-hybridized carbons (Fsp3) is 0.467. The molecule has 0 radical (unpaired) electrons. The number of aryl methyl sites for hydroxylation is 1. The van der Waals surface area contributed by atoms with Crippen molar-refractivity contribution >= 4 is 11.9 Å². The van der Waals surface area contributed by atoms with E-state index in [9.17, 15) is 14.0 Å². The minimum absolute atomic E-state index is 0.156. The summed E-state index contributed by atoms with van der Waals surface area (Å²) in [5.41, 5.74) is 1.09. The molecule has 1 unspecified atom stereocenters. The second-order valence-corrected chi connectivity index (χ2v) is 5.07. The van der Waals surface area contributed by atoms with Gasteiger partial charge in [0, 0.05) is 18.7 Å². The summed E-state index contributed by atoms with van der Waals surface area (Å²) >= 11 is 0. The molecule has 1 aliphatic rings. The van der Waals surface area contributed by atoms with Crippen LogP contribution in [0.5, 0.6) is 0 Å². The first kappa shape index (κ1) is 14.5. The molecule has 1 saturated heterocycles. The van der Waals surface area contributed by atoms with E-state index < -0.39 is 0 Å². The van der Waals surface area contributed by atoms with Gasteiger partial charge in [0.25, 0.3) is 5.91 Å². The first-order valence-corrected chi connectivity index (χ1v) is 6.66. The highest BCUT2D eigenvalue weighted by Crippen LogP contribution is 2.21. The Labute approximate surface area is 117 Å². The Morgan fingerprint density at radius 3 is 2.80 bits per heavy atom. The Morgan fingerprint density at radius 1 is 1.40 bits per heavy atom. The van der Waals surface area contributed by atoms with Crippen molar-refractivity contribution in [2.75, 3.05) is 20.2 Å². The fourth-order valence-corrected chi connectivity index (χ4v) is 2.56. The lowest BCUT2D eigenvalue weighted by atomic mass is 9.97. The molecule has 1 fully saturated rings. The van der Waals surface area contributed by atoms with Gasteiger partial charge in [0.15, 0.2) is 0 Å². The summed E-state index contributed by atoms with van der Waals surface area (Å²) in [4.78, 5) is 25.7. The average Bonchev–Trinajstić information content (AvgIpc) is 2.46. The van der Waals surface area contributed by atoms with Crippen molar-refractivity contribution in [2.24, 2.45) is 5.92 Å². The van der Waals surface area contributed by atoms with E-state index in [0.717, 1.165) is 12.8 Å². The normalized spacial score (nSPS) is 18.8. The van der Waals surface area contributed by atoms with Crippen LogP contribution < -0.4 is 0 Å². The van der Waals surface area contributed by atoms with Crippen LogP contribution in [0.1, 0.15) is 28.8 Å². The zero-order valence-corrected chi connectivity index (χ0v) is 11.7. The Morgan fingerprint density at radius 2 is 2.15 bits per heavy atom. The van der Waals surface area contributed by atoms with Crippen molar-refractivity contribution in [3.8, 4) is 0 Å². The van der Waals surface area contributed by atoms with E-state index in [2.05, 4.69) is 0 Å². The lowest BCUT2D eigenvalue weighted by Gasteiger charge is -2.31. The Bertz CT molecular complexity index is 530. The minimum atomic E-state index is -0.356. The van der Waals surface area contributed by atoms with Crippen LogP contribution in [0.3, 0.4) is 0 Å². The molecule has 0 spiro atoms. The van der Waals surface area contributed by atoms with Crippen molar-refractivity contribution in [1.29, 1.82) is 0 Å². The third-order valence-electron chi connectivity index (χ3n) is 3.66. The number of methoxy groups -OCH3 is 1. The lowest BCUT2D eigenvalue weighted by molar-refractivity contribution is -0.146. The van der Waals surface area contributed by atoms with Crippen LogP contribution in [0.25, 0.3) is 0 Å². The number of rotatable bonds is 2. The molecular formula is C15H18FNO3. The molecule has 1 aromatic carbocycles. The maximum atomic E-state index is 13.1. The highest BCUT2D eigenvalue weighted by molar-refractivity contribution is 5.96. The Balaban J connectivity index is 2.14. The minimum Gasteiger partial charge on any atom is -0.469 e. The number of ether oxygens (including phenoxy) is 1. The number of esters is 1. The molecule has 0 saturated carbocycles. The van der Waals surface area contributed by atoms with E-state index in [0.29, 0.717) is 24.2 Å². The highest BCUT2D eigenvalue weighted by Gasteiger charge is 2.29. The number of hydrogen-bond donors (Lipinski definition) is 0. The van der Waals surface area contributed by atoms with Crippen molar-refractivity contribution in [3.05, 3.63) is 35.1 Å². The topological polar surface area (TPSA) is 46.6 Å². The lowest BCUT2D eigenvalue weighted by Crippen LogP contribution is -2.42. The van der Waals surface area contributed by atoms with E-state index in [4.69, 9.17) is 4.74 Å². The number of nitrogens with zero attached hydrogens (tertiary/aromatic N) is 1. The first-order chi connectivity index (χ1) is 9.52. The van der Waals surface area contributed by atoms with Crippen LogP contribution in [0.4, 0.5) is 4.39 Å². The monoisotopic (exact) mass is 279 g/mol. The Hall–Kier alpha value is -1.91. The van der Waals surface area contributed by atoms with E-state index in [-0.39, 0.29) is 23.6 Å². The summed E-state index contributed by atoms with van der Waals surface area (Å²) in [6, 6.07) is 4.12. The molecule has 108 valence electrons. The second kappa shape index (κ2) is 6.03. The number of amides is 1. The molecule has 20 heavy (non-hydrogen) atoms. The number of likely N-dealkylation sites (tertiary alicyclic amines) is 1. The maximum Gasteiger partial charge on any atom is 0.310 e. The van der Waals surface area contributed by atoms with E-state index in [1.54, 1.807) is 11.8 Å². The zero-order valence-electron chi connectivity index (χ0n) is 11.7. The van der Waals surface area contributed by atoms with Gasteiger partial charge in [0.2, 0.25) is 0 Å². The number of hydrogen-bond acceptors (Lipinski definition) is 3. The SMILES string of the molecule is COC(=O)C1CCCN(C(=O)c2ccc(F)cc2C)C1. The molecule has 2 rings (SSSR count). The van der Waals surface area contributed by atoms with Crippen molar-refractivity contribution in [3.63, 3.8) is 0 Å². The molecule has 0 aromatic heterocycles. The quantitative estimate of drug-likeness (QED) is 0.779. The van der Waals surface area contributed by atoms with Crippen LogP contribution in [0.2, 0.25) is 0 Å². The van der Waals surface area contributed by atoms with Crippen molar-refractivity contribution < 1.29 is 18.7 Å². The van der Waals surface area contributed by atoms with Gasteiger partial charge in [0.05, 0.1) is 13.0 Å². The first-order valence-electron chi connectivity index (χ1n) is 6.66. The van der Waals surface area contributed by atoms with E-state index in [1.165, 1.54) is 25.3 Å². The molecule has 4 nitrogen and oxygen atoms in total. The average molecular weight is 279 g/mol. The molecule has 0 aliphatic carbocycles. The number of carbonyl (C=O) groups excluding carboxylic acids is 2. The summed E-state index contributed by atoms with van der Waals surface area (Å²) < 4.78 is 17.8. The Kier molecular flexibility index (Phi) is 4.37. The molecule has 1 aliphatic heterocycles. The fourth-order valence-electron chi connectivity index (χ4n) is 2.56. The van der Waals surface area contributed by atoms with Gasteiger partial charge in [-0.2, -0.15) is 0 Å². The van der Waals surface area contributed by atoms with Gasteiger partial charge < -0.3 is 9.64 Å². The summed E-state index contributed by atoms with van der Waals surface area (Å²) in [6.45, 7) is 2.68. The van der Waals surface area contributed by atoms with Gasteiger partial charge in [-0.15, -0.1) is 0 Å². The molecular weight excluding hydrogens is 261 g/mol. The molecule has 1 amide bonds. The molecule has 0 N–H and O–H groups in total. The molecule has 0 bridgehead atoms. The van der Waals surface area contributed by atoms with Gasteiger partial charge >= 0.3 is 5.97 Å². The molecule has 1 atom stereocenters. The van der Waals surface area contributed by atoms with Gasteiger partial charge in [-0.25, -0.2) is 4.39 Å². The summed E-state index contributed by atoms with van der Waals surface area (Å²) in [5, 5.41) is 0. The third kappa shape index (κ3) is 2.98. The standard InChI is InChI=1S/C15H18FNO3/c1-10-8-12(16)5-6-13(10)14(18)17-7-3-4-11(9-17)15(19)20-2/h5-6,8,11H,3-4,7,9H2,1-2H3. The van der Waals surface area contributed by atoms with E-state index in [1.807, 2.05) is 0 Å². The smallest absolute Gasteiger partial charge is 0.310 e.